The Morgan fingerprint density at radius 3 is 2.77 bits per heavy atom. The molecule has 6 heteroatoms. The molecule has 2 amide bonds. The van der Waals surface area contributed by atoms with Gasteiger partial charge in [-0.2, -0.15) is 0 Å². The van der Waals surface area contributed by atoms with Gasteiger partial charge in [-0.05, 0) is 18.4 Å². The molecular weight excluding hydrogens is 284 g/mol. The lowest BCUT2D eigenvalue weighted by atomic mass is 10.1. The molecule has 1 atom stereocenters. The van der Waals surface area contributed by atoms with Crippen molar-refractivity contribution in [2.75, 3.05) is 13.1 Å². The molecule has 0 aliphatic carbocycles. The van der Waals surface area contributed by atoms with Crippen LogP contribution in [0.2, 0.25) is 0 Å². The molecular formula is C16H20N2O4. The molecule has 0 spiro atoms. The van der Waals surface area contributed by atoms with Gasteiger partial charge in [-0.15, -0.1) is 0 Å². The number of rotatable bonds is 3. The van der Waals surface area contributed by atoms with Gasteiger partial charge >= 0.3 is 12.2 Å². The first-order valence-electron chi connectivity index (χ1n) is 7.25. The Hall–Kier alpha value is -2.50. The first-order valence-corrected chi connectivity index (χ1v) is 7.25. The lowest BCUT2D eigenvalue weighted by Gasteiger charge is -2.26. The van der Waals surface area contributed by atoms with Crippen LogP contribution in [0.5, 0.6) is 0 Å². The minimum absolute atomic E-state index is 0.192. The summed E-state index contributed by atoms with van der Waals surface area (Å²) in [5.74, 6) is 0. The van der Waals surface area contributed by atoms with Crippen molar-refractivity contribution in [3.05, 3.63) is 48.0 Å². The minimum atomic E-state index is -0.972. The molecule has 0 fully saturated rings. The standard InChI is InChI=1S/C16H20N2O4/c19-15(22-12-13-7-3-1-4-8-13)17-14-9-5-2-6-10-18(11-14)16(20)21/h1-5,7-8,14H,6,9-12H2,(H,17,19)(H,20,21)/b5-2-/t14-/m0/s1. The highest BCUT2D eigenvalue weighted by Gasteiger charge is 2.20. The topological polar surface area (TPSA) is 78.9 Å². The minimum Gasteiger partial charge on any atom is -0.465 e. The number of benzene rings is 1. The van der Waals surface area contributed by atoms with Gasteiger partial charge in [0.15, 0.2) is 0 Å². The Morgan fingerprint density at radius 2 is 2.05 bits per heavy atom. The van der Waals surface area contributed by atoms with Gasteiger partial charge in [0.2, 0.25) is 0 Å². The molecule has 0 saturated heterocycles. The number of hydrogen-bond acceptors (Lipinski definition) is 3. The maximum Gasteiger partial charge on any atom is 0.407 e. The fourth-order valence-corrected chi connectivity index (χ4v) is 2.25. The van der Waals surface area contributed by atoms with E-state index in [1.165, 1.54) is 4.90 Å². The van der Waals surface area contributed by atoms with Crippen LogP contribution < -0.4 is 5.32 Å². The number of amides is 2. The molecule has 1 heterocycles. The number of nitrogens with one attached hydrogen (secondary N) is 1. The zero-order valence-electron chi connectivity index (χ0n) is 12.3. The summed E-state index contributed by atoms with van der Waals surface area (Å²) in [6.07, 6.45) is 3.66. The van der Waals surface area contributed by atoms with Crippen molar-refractivity contribution in [2.24, 2.45) is 0 Å². The molecule has 2 rings (SSSR count). The van der Waals surface area contributed by atoms with Crippen LogP contribution in [0.4, 0.5) is 9.59 Å². The van der Waals surface area contributed by atoms with E-state index in [-0.39, 0.29) is 19.2 Å². The summed E-state index contributed by atoms with van der Waals surface area (Å²) in [4.78, 5) is 24.3. The third-order valence-electron chi connectivity index (χ3n) is 3.40. The highest BCUT2D eigenvalue weighted by Crippen LogP contribution is 2.07. The Morgan fingerprint density at radius 1 is 1.27 bits per heavy atom. The van der Waals surface area contributed by atoms with Crippen LogP contribution in [0.15, 0.2) is 42.5 Å². The second kappa shape index (κ2) is 8.07. The number of hydrogen-bond donors (Lipinski definition) is 2. The van der Waals surface area contributed by atoms with E-state index >= 15 is 0 Å². The van der Waals surface area contributed by atoms with Gasteiger partial charge in [-0.1, -0.05) is 42.5 Å². The van der Waals surface area contributed by atoms with Crippen LogP contribution in [-0.2, 0) is 11.3 Å². The molecule has 0 aromatic heterocycles. The normalized spacial score (nSPS) is 19.6. The van der Waals surface area contributed by atoms with E-state index < -0.39 is 12.2 Å². The Kier molecular flexibility index (Phi) is 5.82. The molecule has 1 aromatic rings. The number of ether oxygens (including phenoxy) is 1. The van der Waals surface area contributed by atoms with Gasteiger partial charge in [-0.25, -0.2) is 9.59 Å². The van der Waals surface area contributed by atoms with Crippen molar-refractivity contribution >= 4 is 12.2 Å². The molecule has 2 N–H and O–H groups in total. The van der Waals surface area contributed by atoms with Crippen molar-refractivity contribution in [3.8, 4) is 0 Å². The van der Waals surface area contributed by atoms with Gasteiger partial charge in [-0.3, -0.25) is 0 Å². The second-order valence-electron chi connectivity index (χ2n) is 5.13. The average Bonchev–Trinajstić information content (AvgIpc) is 2.48. The van der Waals surface area contributed by atoms with E-state index in [2.05, 4.69) is 5.32 Å². The summed E-state index contributed by atoms with van der Waals surface area (Å²) >= 11 is 0. The summed E-state index contributed by atoms with van der Waals surface area (Å²) in [7, 11) is 0. The average molecular weight is 304 g/mol. The quantitative estimate of drug-likeness (QED) is 0.841. The number of alkyl carbamates (subject to hydrolysis) is 1. The van der Waals surface area contributed by atoms with E-state index in [0.717, 1.165) is 5.56 Å². The maximum absolute atomic E-state index is 11.8. The molecule has 118 valence electrons. The fraction of sp³-hybridized carbons (Fsp3) is 0.375. The Balaban J connectivity index is 1.84. The Labute approximate surface area is 129 Å². The number of carboxylic acid groups (broad SMARTS) is 1. The number of carbonyl (C=O) groups is 2. The second-order valence-corrected chi connectivity index (χ2v) is 5.13. The first kappa shape index (κ1) is 15.9. The molecule has 22 heavy (non-hydrogen) atoms. The summed E-state index contributed by atoms with van der Waals surface area (Å²) in [6.45, 7) is 0.890. The number of nitrogens with zero attached hydrogens (tertiary/aromatic N) is 1. The van der Waals surface area contributed by atoms with E-state index in [0.29, 0.717) is 19.4 Å². The third kappa shape index (κ3) is 5.12. The third-order valence-corrected chi connectivity index (χ3v) is 3.40. The molecule has 0 radical (unpaired) electrons. The van der Waals surface area contributed by atoms with Gasteiger partial charge < -0.3 is 20.1 Å². The SMILES string of the molecule is O=C(N[C@H]1C/C=C\CCN(C(=O)O)C1)OCc1ccccc1. The first-order chi connectivity index (χ1) is 10.6. The Bertz CT molecular complexity index is 530. The fourth-order valence-electron chi connectivity index (χ4n) is 2.25. The molecule has 1 aliphatic heterocycles. The van der Waals surface area contributed by atoms with Crippen LogP contribution in [0.25, 0.3) is 0 Å². The zero-order chi connectivity index (χ0) is 15.8. The smallest absolute Gasteiger partial charge is 0.407 e. The van der Waals surface area contributed by atoms with E-state index in [9.17, 15) is 9.59 Å². The monoisotopic (exact) mass is 304 g/mol. The van der Waals surface area contributed by atoms with Gasteiger partial charge in [0.05, 0.1) is 6.04 Å². The lowest BCUT2D eigenvalue weighted by Crippen LogP contribution is -2.46. The van der Waals surface area contributed by atoms with Crippen LogP contribution in [0.1, 0.15) is 18.4 Å². The van der Waals surface area contributed by atoms with Crippen LogP contribution in [0.3, 0.4) is 0 Å². The summed E-state index contributed by atoms with van der Waals surface area (Å²) < 4.78 is 5.16. The van der Waals surface area contributed by atoms with E-state index in [1.807, 2.05) is 42.5 Å². The highest BCUT2D eigenvalue weighted by atomic mass is 16.5. The molecule has 6 nitrogen and oxygen atoms in total. The largest absolute Gasteiger partial charge is 0.465 e. The summed E-state index contributed by atoms with van der Waals surface area (Å²) in [5.41, 5.74) is 0.905. The molecule has 0 saturated carbocycles. The lowest BCUT2D eigenvalue weighted by molar-refractivity contribution is 0.123. The zero-order valence-corrected chi connectivity index (χ0v) is 12.3. The van der Waals surface area contributed by atoms with Crippen molar-refractivity contribution in [1.29, 1.82) is 0 Å². The predicted molar refractivity (Wildman–Crippen MR) is 81.5 cm³/mol. The van der Waals surface area contributed by atoms with Crippen molar-refractivity contribution < 1.29 is 19.4 Å². The summed E-state index contributed by atoms with van der Waals surface area (Å²) in [6, 6.07) is 9.11. The molecule has 1 aliphatic rings. The van der Waals surface area contributed by atoms with Crippen molar-refractivity contribution in [3.63, 3.8) is 0 Å². The van der Waals surface area contributed by atoms with Crippen LogP contribution in [0, 0.1) is 0 Å². The van der Waals surface area contributed by atoms with Crippen molar-refractivity contribution in [1.82, 2.24) is 10.2 Å². The van der Waals surface area contributed by atoms with E-state index in [4.69, 9.17) is 9.84 Å². The van der Waals surface area contributed by atoms with E-state index in [1.54, 1.807) is 0 Å². The maximum atomic E-state index is 11.8. The van der Waals surface area contributed by atoms with Gasteiger partial charge in [0.25, 0.3) is 0 Å². The predicted octanol–water partition coefficient (Wildman–Crippen LogP) is 2.61. The number of carbonyl (C=O) groups excluding carboxylic acids is 1. The van der Waals surface area contributed by atoms with Gasteiger partial charge in [0, 0.05) is 13.1 Å². The molecule has 0 bridgehead atoms. The van der Waals surface area contributed by atoms with Crippen LogP contribution >= 0.6 is 0 Å². The van der Waals surface area contributed by atoms with Crippen molar-refractivity contribution in [2.45, 2.75) is 25.5 Å². The molecule has 1 aromatic carbocycles. The van der Waals surface area contributed by atoms with Crippen LogP contribution in [-0.4, -0.2) is 41.3 Å². The van der Waals surface area contributed by atoms with Gasteiger partial charge in [0.1, 0.15) is 6.61 Å². The highest BCUT2D eigenvalue weighted by molar-refractivity contribution is 5.68. The molecule has 0 unspecified atom stereocenters. The summed E-state index contributed by atoms with van der Waals surface area (Å²) in [5, 5.41) is 11.8.